The fraction of sp³-hybridized carbons (Fsp3) is 0.364. The van der Waals surface area contributed by atoms with Gasteiger partial charge in [-0.3, -0.25) is 0 Å². The molecule has 0 aliphatic rings. The van der Waals surface area contributed by atoms with Crippen LogP contribution in [0.5, 0.6) is 5.75 Å². The molecule has 0 unspecified atom stereocenters. The van der Waals surface area contributed by atoms with Crippen molar-refractivity contribution in [3.63, 3.8) is 0 Å². The van der Waals surface area contributed by atoms with Crippen molar-refractivity contribution in [3.8, 4) is 5.75 Å². The lowest BCUT2D eigenvalue weighted by Crippen LogP contribution is -2.00. The van der Waals surface area contributed by atoms with Crippen LogP contribution in [0.2, 0.25) is 0 Å². The van der Waals surface area contributed by atoms with Gasteiger partial charge in [0.2, 0.25) is 5.95 Å². The maximum Gasteiger partial charge on any atom is 0.201 e. The molecule has 2 aromatic rings. The van der Waals surface area contributed by atoms with Crippen LogP contribution in [0.4, 0.5) is 5.95 Å². The van der Waals surface area contributed by atoms with E-state index < -0.39 is 0 Å². The van der Waals surface area contributed by atoms with E-state index in [1.165, 1.54) is 0 Å². The summed E-state index contributed by atoms with van der Waals surface area (Å²) in [7, 11) is 1.89. The van der Waals surface area contributed by atoms with E-state index in [1.54, 1.807) is 0 Å². The van der Waals surface area contributed by atoms with Gasteiger partial charge in [0.05, 0.1) is 12.1 Å². The van der Waals surface area contributed by atoms with Crippen molar-refractivity contribution in [3.05, 3.63) is 18.2 Å². The van der Waals surface area contributed by atoms with Crippen molar-refractivity contribution < 1.29 is 4.74 Å². The Balaban J connectivity index is 2.53. The van der Waals surface area contributed by atoms with E-state index in [1.807, 2.05) is 29.8 Å². The Kier molecular flexibility index (Phi) is 2.49. The predicted octanol–water partition coefficient (Wildman–Crippen LogP) is 1.94. The highest BCUT2D eigenvalue weighted by Crippen LogP contribution is 2.26. The molecular formula is C11H15N3O. The van der Waals surface area contributed by atoms with E-state index in [9.17, 15) is 0 Å². The van der Waals surface area contributed by atoms with Gasteiger partial charge in [0.25, 0.3) is 0 Å². The van der Waals surface area contributed by atoms with E-state index in [2.05, 4.69) is 11.9 Å². The first kappa shape index (κ1) is 9.83. The minimum absolute atomic E-state index is 0.512. The van der Waals surface area contributed by atoms with Gasteiger partial charge in [-0.1, -0.05) is 13.0 Å². The summed E-state index contributed by atoms with van der Waals surface area (Å²) in [6.07, 6.45) is 0.990. The number of aromatic nitrogens is 2. The van der Waals surface area contributed by atoms with Gasteiger partial charge in [-0.2, -0.15) is 0 Å². The standard InChI is InChI=1S/C11H15N3O/c1-3-7-15-9-6-4-5-8-10(9)14(2)11(12)13-8/h4-6H,3,7H2,1-2H3,(H2,12,13). The van der Waals surface area contributed by atoms with Crippen LogP contribution in [-0.4, -0.2) is 16.2 Å². The Morgan fingerprint density at radius 1 is 1.47 bits per heavy atom. The van der Waals surface area contributed by atoms with Crippen molar-refractivity contribution in [1.29, 1.82) is 0 Å². The van der Waals surface area contributed by atoms with Gasteiger partial charge in [-0.25, -0.2) is 4.98 Å². The van der Waals surface area contributed by atoms with Gasteiger partial charge in [-0.15, -0.1) is 0 Å². The second kappa shape index (κ2) is 3.81. The fourth-order valence-corrected chi connectivity index (χ4v) is 1.58. The molecule has 0 spiro atoms. The summed E-state index contributed by atoms with van der Waals surface area (Å²) in [5, 5.41) is 0. The summed E-state index contributed by atoms with van der Waals surface area (Å²) in [5.74, 6) is 1.36. The van der Waals surface area contributed by atoms with Crippen LogP contribution < -0.4 is 10.5 Å². The number of fused-ring (bicyclic) bond motifs is 1. The number of benzene rings is 1. The average molecular weight is 205 g/mol. The quantitative estimate of drug-likeness (QED) is 0.833. The number of ether oxygens (including phenoxy) is 1. The highest BCUT2D eigenvalue weighted by molar-refractivity contribution is 5.84. The van der Waals surface area contributed by atoms with Gasteiger partial charge >= 0.3 is 0 Å². The zero-order chi connectivity index (χ0) is 10.8. The molecule has 2 rings (SSSR count). The monoisotopic (exact) mass is 205 g/mol. The number of nitrogens with two attached hydrogens (primary N) is 1. The Morgan fingerprint density at radius 3 is 3.00 bits per heavy atom. The van der Waals surface area contributed by atoms with E-state index in [-0.39, 0.29) is 0 Å². The molecule has 0 saturated heterocycles. The minimum atomic E-state index is 0.512. The number of para-hydroxylation sites is 1. The number of nitrogen functional groups attached to an aromatic ring is 1. The van der Waals surface area contributed by atoms with Crippen LogP contribution in [-0.2, 0) is 7.05 Å². The third-order valence-corrected chi connectivity index (χ3v) is 2.35. The second-order valence-electron chi connectivity index (χ2n) is 3.50. The Hall–Kier alpha value is -1.71. The van der Waals surface area contributed by atoms with Gasteiger partial charge in [-0.05, 0) is 18.6 Å². The highest BCUT2D eigenvalue weighted by atomic mass is 16.5. The third-order valence-electron chi connectivity index (χ3n) is 2.35. The van der Waals surface area contributed by atoms with Crippen LogP contribution in [0.15, 0.2) is 18.2 Å². The number of nitrogens with zero attached hydrogens (tertiary/aromatic N) is 2. The highest BCUT2D eigenvalue weighted by Gasteiger charge is 2.09. The topological polar surface area (TPSA) is 53.1 Å². The van der Waals surface area contributed by atoms with Crippen LogP contribution in [0.3, 0.4) is 0 Å². The molecule has 15 heavy (non-hydrogen) atoms. The lowest BCUT2D eigenvalue weighted by molar-refractivity contribution is 0.320. The Morgan fingerprint density at radius 2 is 2.27 bits per heavy atom. The molecule has 4 nitrogen and oxygen atoms in total. The Bertz CT molecular complexity index is 476. The molecule has 0 aliphatic carbocycles. The summed E-state index contributed by atoms with van der Waals surface area (Å²) < 4.78 is 7.49. The normalized spacial score (nSPS) is 10.8. The van der Waals surface area contributed by atoms with Gasteiger partial charge in [0.15, 0.2) is 0 Å². The molecule has 4 heteroatoms. The van der Waals surface area contributed by atoms with Crippen LogP contribution >= 0.6 is 0 Å². The first-order valence-corrected chi connectivity index (χ1v) is 5.07. The molecule has 1 aromatic carbocycles. The summed E-state index contributed by atoms with van der Waals surface area (Å²) in [6, 6.07) is 5.81. The zero-order valence-corrected chi connectivity index (χ0v) is 9.03. The van der Waals surface area contributed by atoms with Gasteiger partial charge in [0, 0.05) is 7.05 Å². The lowest BCUT2D eigenvalue weighted by Gasteiger charge is -2.06. The number of aryl methyl sites for hydroxylation is 1. The molecule has 1 aromatic heterocycles. The second-order valence-corrected chi connectivity index (χ2v) is 3.50. The molecule has 0 radical (unpaired) electrons. The van der Waals surface area contributed by atoms with E-state index in [4.69, 9.17) is 10.5 Å². The predicted molar refractivity (Wildman–Crippen MR) is 60.9 cm³/mol. The summed E-state index contributed by atoms with van der Waals surface area (Å²) in [5.41, 5.74) is 7.59. The first-order valence-electron chi connectivity index (χ1n) is 5.07. The van der Waals surface area contributed by atoms with Crippen molar-refractivity contribution in [2.75, 3.05) is 12.3 Å². The van der Waals surface area contributed by atoms with Gasteiger partial charge < -0.3 is 15.0 Å². The summed E-state index contributed by atoms with van der Waals surface area (Å²) >= 11 is 0. The van der Waals surface area contributed by atoms with Gasteiger partial charge in [0.1, 0.15) is 11.3 Å². The lowest BCUT2D eigenvalue weighted by atomic mass is 10.3. The molecule has 2 N–H and O–H groups in total. The fourth-order valence-electron chi connectivity index (χ4n) is 1.58. The van der Waals surface area contributed by atoms with Crippen molar-refractivity contribution in [2.24, 2.45) is 7.05 Å². The minimum Gasteiger partial charge on any atom is -0.491 e. The maximum atomic E-state index is 5.75. The zero-order valence-electron chi connectivity index (χ0n) is 9.03. The molecule has 0 fully saturated rings. The van der Waals surface area contributed by atoms with Crippen LogP contribution in [0.25, 0.3) is 11.0 Å². The number of rotatable bonds is 3. The van der Waals surface area contributed by atoms with Crippen LogP contribution in [0.1, 0.15) is 13.3 Å². The van der Waals surface area contributed by atoms with Crippen molar-refractivity contribution >= 4 is 17.0 Å². The smallest absolute Gasteiger partial charge is 0.201 e. The summed E-state index contributed by atoms with van der Waals surface area (Å²) in [4.78, 5) is 4.24. The molecule has 0 bridgehead atoms. The molecule has 0 aliphatic heterocycles. The van der Waals surface area contributed by atoms with E-state index in [0.717, 1.165) is 23.2 Å². The molecule has 0 atom stereocenters. The molecular weight excluding hydrogens is 190 g/mol. The SMILES string of the molecule is CCCOc1cccc2nc(N)n(C)c12. The summed E-state index contributed by atoms with van der Waals surface area (Å²) in [6.45, 7) is 2.79. The first-order chi connectivity index (χ1) is 7.24. The van der Waals surface area contributed by atoms with Crippen molar-refractivity contribution in [2.45, 2.75) is 13.3 Å². The Labute approximate surface area is 88.7 Å². The largest absolute Gasteiger partial charge is 0.491 e. The maximum absolute atomic E-state index is 5.75. The molecule has 0 saturated carbocycles. The average Bonchev–Trinajstić information content (AvgIpc) is 2.53. The van der Waals surface area contributed by atoms with Crippen molar-refractivity contribution in [1.82, 2.24) is 9.55 Å². The van der Waals surface area contributed by atoms with E-state index >= 15 is 0 Å². The number of anilines is 1. The molecule has 0 amide bonds. The number of hydrogen-bond acceptors (Lipinski definition) is 3. The van der Waals surface area contributed by atoms with Crippen LogP contribution in [0, 0.1) is 0 Å². The molecule has 80 valence electrons. The molecule has 1 heterocycles. The third kappa shape index (κ3) is 1.63. The number of imidazole rings is 1. The number of hydrogen-bond donors (Lipinski definition) is 1. The van der Waals surface area contributed by atoms with E-state index in [0.29, 0.717) is 12.6 Å².